The van der Waals surface area contributed by atoms with Gasteiger partial charge in [0.05, 0.1) is 5.69 Å². The minimum absolute atomic E-state index is 0.504. The highest BCUT2D eigenvalue weighted by Crippen LogP contribution is 2.54. The van der Waals surface area contributed by atoms with Crippen LogP contribution in [0.25, 0.3) is 16.2 Å². The van der Waals surface area contributed by atoms with E-state index in [9.17, 15) is 14.3 Å². The summed E-state index contributed by atoms with van der Waals surface area (Å²) in [6.07, 6.45) is 4.68. The predicted molar refractivity (Wildman–Crippen MR) is 107 cm³/mol. The summed E-state index contributed by atoms with van der Waals surface area (Å²) in [6, 6.07) is 10.7. The van der Waals surface area contributed by atoms with Gasteiger partial charge in [0, 0.05) is 28.8 Å². The van der Waals surface area contributed by atoms with Crippen LogP contribution in [0.4, 0.5) is 0 Å². The fraction of sp³-hybridized carbons (Fsp3) is 0.111. The summed E-state index contributed by atoms with van der Waals surface area (Å²) in [7, 11) is -3.75. The molecule has 5 nitrogen and oxygen atoms in total. The van der Waals surface area contributed by atoms with Gasteiger partial charge >= 0.3 is 0 Å². The van der Waals surface area contributed by atoms with Gasteiger partial charge in [-0.05, 0) is 52.7 Å². The normalized spacial score (nSPS) is 15.0. The van der Waals surface area contributed by atoms with Crippen LogP contribution in [0.15, 0.2) is 54.2 Å². The molecule has 2 atom stereocenters. The first-order valence-electron chi connectivity index (χ1n) is 7.71. The SMILES string of the molecule is CP(=O)(O)C(C(=O)N/C=C/c1ccccn1)c1csc2ccc(Cl)cc12. The van der Waals surface area contributed by atoms with Crippen LogP contribution in [-0.2, 0) is 9.36 Å². The van der Waals surface area contributed by atoms with Crippen molar-refractivity contribution in [3.8, 4) is 0 Å². The standard InChI is InChI=1S/C18H16ClN2O3PS/c1-25(23,24)17(15-11-26-16-6-5-12(19)10-14(15)16)18(22)21-9-7-13-4-2-3-8-20-13/h2-11,17H,1H3,(H,21,22)(H,23,24)/b9-7+. The molecule has 2 N–H and O–H groups in total. The first-order chi connectivity index (χ1) is 12.4. The van der Waals surface area contributed by atoms with Crippen molar-refractivity contribution in [3.05, 3.63) is 70.5 Å². The van der Waals surface area contributed by atoms with Crippen LogP contribution in [0.3, 0.4) is 0 Å². The molecule has 0 saturated heterocycles. The molecule has 0 aliphatic carbocycles. The molecule has 2 heterocycles. The maximum absolute atomic E-state index is 12.7. The number of fused-ring (bicyclic) bond motifs is 1. The number of hydrogen-bond donors (Lipinski definition) is 2. The molecule has 0 spiro atoms. The first-order valence-corrected chi connectivity index (χ1v) is 11.1. The largest absolute Gasteiger partial charge is 0.344 e. The van der Waals surface area contributed by atoms with Crippen LogP contribution in [0.1, 0.15) is 16.9 Å². The van der Waals surface area contributed by atoms with E-state index in [1.807, 2.05) is 12.1 Å². The highest BCUT2D eigenvalue weighted by molar-refractivity contribution is 7.58. The van der Waals surface area contributed by atoms with Crippen molar-refractivity contribution in [1.82, 2.24) is 10.3 Å². The average molecular weight is 407 g/mol. The number of aromatic nitrogens is 1. The molecule has 0 aliphatic rings. The van der Waals surface area contributed by atoms with Gasteiger partial charge in [-0.15, -0.1) is 11.3 Å². The molecule has 0 fully saturated rings. The fourth-order valence-electron chi connectivity index (χ4n) is 2.61. The topological polar surface area (TPSA) is 79.3 Å². The number of amides is 1. The smallest absolute Gasteiger partial charge is 0.241 e. The maximum atomic E-state index is 12.7. The van der Waals surface area contributed by atoms with Gasteiger partial charge in [-0.2, -0.15) is 0 Å². The van der Waals surface area contributed by atoms with Crippen molar-refractivity contribution in [1.29, 1.82) is 0 Å². The molecule has 2 aromatic heterocycles. The highest BCUT2D eigenvalue weighted by Gasteiger charge is 2.36. The summed E-state index contributed by atoms with van der Waals surface area (Å²) in [5.74, 6) is -0.551. The van der Waals surface area contributed by atoms with Crippen molar-refractivity contribution >= 4 is 52.4 Å². The van der Waals surface area contributed by atoms with Crippen LogP contribution in [0.5, 0.6) is 0 Å². The zero-order chi connectivity index (χ0) is 18.7. The fourth-order valence-corrected chi connectivity index (χ4v) is 5.09. The van der Waals surface area contributed by atoms with Gasteiger partial charge in [-0.3, -0.25) is 14.3 Å². The van der Waals surface area contributed by atoms with Crippen LogP contribution in [-0.4, -0.2) is 22.4 Å². The average Bonchev–Trinajstić information content (AvgIpc) is 2.97. The van der Waals surface area contributed by atoms with E-state index in [1.165, 1.54) is 24.2 Å². The molecule has 0 aliphatic heterocycles. The number of nitrogens with one attached hydrogen (secondary N) is 1. The van der Waals surface area contributed by atoms with Crippen molar-refractivity contribution < 1.29 is 14.3 Å². The molecule has 0 bridgehead atoms. The number of hydrogen-bond acceptors (Lipinski definition) is 4. The Labute approximate surface area is 159 Å². The quantitative estimate of drug-likeness (QED) is 0.603. The van der Waals surface area contributed by atoms with Crippen molar-refractivity contribution in [2.45, 2.75) is 5.66 Å². The molecule has 3 aromatic rings. The van der Waals surface area contributed by atoms with Gasteiger partial charge in [-0.1, -0.05) is 17.7 Å². The Kier molecular flexibility index (Phi) is 5.58. The number of rotatable bonds is 5. The third kappa shape index (κ3) is 4.22. The molecular weight excluding hydrogens is 391 g/mol. The molecule has 1 amide bonds. The third-order valence-electron chi connectivity index (χ3n) is 3.75. The Morgan fingerprint density at radius 1 is 1.38 bits per heavy atom. The molecule has 134 valence electrons. The number of carbonyl (C=O) groups excluding carboxylic acids is 1. The van der Waals surface area contributed by atoms with E-state index in [1.54, 1.807) is 41.9 Å². The minimum Gasteiger partial charge on any atom is -0.344 e. The summed E-state index contributed by atoms with van der Waals surface area (Å²) in [5.41, 5.74) is -0.00605. The monoisotopic (exact) mass is 406 g/mol. The Bertz CT molecular complexity index is 1010. The van der Waals surface area contributed by atoms with E-state index in [0.29, 0.717) is 21.7 Å². The van der Waals surface area contributed by atoms with Crippen LogP contribution < -0.4 is 5.32 Å². The van der Waals surface area contributed by atoms with E-state index in [0.717, 1.165) is 4.70 Å². The van der Waals surface area contributed by atoms with Gasteiger partial charge < -0.3 is 10.2 Å². The Balaban J connectivity index is 1.91. The minimum atomic E-state index is -3.75. The first kappa shape index (κ1) is 18.8. The second kappa shape index (κ2) is 7.72. The summed E-state index contributed by atoms with van der Waals surface area (Å²) < 4.78 is 13.3. The highest BCUT2D eigenvalue weighted by atomic mass is 35.5. The number of halogens is 1. The van der Waals surface area contributed by atoms with Crippen molar-refractivity contribution in [2.24, 2.45) is 0 Å². The maximum Gasteiger partial charge on any atom is 0.241 e. The van der Waals surface area contributed by atoms with Gasteiger partial charge in [0.25, 0.3) is 0 Å². The van der Waals surface area contributed by atoms with E-state index >= 15 is 0 Å². The zero-order valence-electron chi connectivity index (χ0n) is 13.8. The number of benzene rings is 1. The molecule has 1 aromatic carbocycles. The molecule has 3 rings (SSSR count). The lowest BCUT2D eigenvalue weighted by Gasteiger charge is -2.18. The Hall–Kier alpha value is -1.98. The van der Waals surface area contributed by atoms with E-state index in [4.69, 9.17) is 11.6 Å². The molecule has 0 radical (unpaired) electrons. The van der Waals surface area contributed by atoms with E-state index < -0.39 is 18.9 Å². The number of nitrogens with zero attached hydrogens (tertiary/aromatic N) is 1. The van der Waals surface area contributed by atoms with E-state index in [2.05, 4.69) is 10.3 Å². The van der Waals surface area contributed by atoms with Gasteiger partial charge in [0.2, 0.25) is 13.3 Å². The predicted octanol–water partition coefficient (Wildman–Crippen LogP) is 4.68. The van der Waals surface area contributed by atoms with Gasteiger partial charge in [0.1, 0.15) is 5.66 Å². The second-order valence-electron chi connectivity index (χ2n) is 5.77. The molecule has 2 unspecified atom stereocenters. The lowest BCUT2D eigenvalue weighted by molar-refractivity contribution is -0.120. The lowest BCUT2D eigenvalue weighted by Crippen LogP contribution is -2.25. The summed E-state index contributed by atoms with van der Waals surface area (Å²) >= 11 is 7.46. The number of pyridine rings is 1. The summed E-state index contributed by atoms with van der Waals surface area (Å²) in [6.45, 7) is 1.19. The molecular formula is C18H16ClN2O3PS. The Morgan fingerprint density at radius 3 is 2.88 bits per heavy atom. The molecule has 0 saturated carbocycles. The summed E-state index contributed by atoms with van der Waals surface area (Å²) in [4.78, 5) is 27.0. The lowest BCUT2D eigenvalue weighted by atomic mass is 10.1. The Morgan fingerprint density at radius 2 is 2.19 bits per heavy atom. The van der Waals surface area contributed by atoms with Gasteiger partial charge in [-0.25, -0.2) is 0 Å². The number of carbonyl (C=O) groups is 1. The summed E-state index contributed by atoms with van der Waals surface area (Å²) in [5, 5.41) is 5.55. The number of thiophene rings is 1. The van der Waals surface area contributed by atoms with E-state index in [-0.39, 0.29) is 0 Å². The second-order valence-corrected chi connectivity index (χ2v) is 9.52. The zero-order valence-corrected chi connectivity index (χ0v) is 16.3. The third-order valence-corrected chi connectivity index (χ3v) is 6.44. The van der Waals surface area contributed by atoms with Crippen molar-refractivity contribution in [3.63, 3.8) is 0 Å². The molecule has 8 heteroatoms. The van der Waals surface area contributed by atoms with Crippen molar-refractivity contribution in [2.75, 3.05) is 6.66 Å². The van der Waals surface area contributed by atoms with Crippen LogP contribution in [0.2, 0.25) is 5.02 Å². The molecule has 26 heavy (non-hydrogen) atoms. The van der Waals surface area contributed by atoms with Crippen LogP contribution in [0, 0.1) is 0 Å². The van der Waals surface area contributed by atoms with Gasteiger partial charge in [0.15, 0.2) is 0 Å². The van der Waals surface area contributed by atoms with Crippen LogP contribution >= 0.6 is 30.3 Å².